The maximum atomic E-state index is 10.1. The largest absolute Gasteiger partial charge is 0.494 e. The van der Waals surface area contributed by atoms with Crippen LogP contribution in [0.4, 0.5) is 17.3 Å². The number of aromatic amines is 1. The fourth-order valence-electron chi connectivity index (χ4n) is 4.71. The van der Waals surface area contributed by atoms with Gasteiger partial charge in [-0.2, -0.15) is 5.10 Å². The van der Waals surface area contributed by atoms with Crippen LogP contribution in [0.15, 0.2) is 55.2 Å². The Morgan fingerprint density at radius 1 is 0.971 bits per heavy atom. The first-order chi connectivity index (χ1) is 17.1. The van der Waals surface area contributed by atoms with Crippen molar-refractivity contribution in [2.75, 3.05) is 36.4 Å². The van der Waals surface area contributed by atoms with Gasteiger partial charge in [0.25, 0.3) is 0 Å². The summed E-state index contributed by atoms with van der Waals surface area (Å²) in [6.45, 7) is 8.55. The highest BCUT2D eigenvalue weighted by Gasteiger charge is 2.20. The molecule has 6 rings (SSSR count). The molecule has 5 aromatic rings. The molecule has 1 saturated heterocycles. The molecule has 178 valence electrons. The smallest absolute Gasteiger partial charge is 0.199 e. The molecule has 0 aliphatic carbocycles. The van der Waals surface area contributed by atoms with Crippen molar-refractivity contribution < 1.29 is 5.11 Å². The third kappa shape index (κ3) is 3.81. The summed E-state index contributed by atoms with van der Waals surface area (Å²) in [5.41, 5.74) is 3.12. The number of aromatic nitrogens is 6. The van der Waals surface area contributed by atoms with Crippen molar-refractivity contribution in [1.82, 2.24) is 34.4 Å². The molecule has 0 saturated carbocycles. The Kier molecular flexibility index (Phi) is 5.22. The Labute approximate surface area is 202 Å². The number of fused-ring (bicyclic) bond motifs is 2. The number of hydrogen-bond acceptors (Lipinski definition) is 8. The SMILES string of the molecule is CC(C)N1CCN(c2ccc(Nc3ncc(-c4cccc5c(O)[nH]cc45)n4ncnc34)cn2)CC1. The summed E-state index contributed by atoms with van der Waals surface area (Å²) in [6.07, 6.45) is 6.89. The fraction of sp³-hybridized carbons (Fsp3) is 0.280. The zero-order valence-corrected chi connectivity index (χ0v) is 19.7. The fourth-order valence-corrected chi connectivity index (χ4v) is 4.71. The van der Waals surface area contributed by atoms with Gasteiger partial charge in [0, 0.05) is 54.8 Å². The minimum absolute atomic E-state index is 0.140. The van der Waals surface area contributed by atoms with Crippen LogP contribution < -0.4 is 10.2 Å². The third-order valence-electron chi connectivity index (χ3n) is 6.67. The lowest BCUT2D eigenvalue weighted by Gasteiger charge is -2.37. The van der Waals surface area contributed by atoms with Crippen LogP contribution in [0.25, 0.3) is 27.7 Å². The lowest BCUT2D eigenvalue weighted by atomic mass is 10.1. The second-order valence-electron chi connectivity index (χ2n) is 9.04. The van der Waals surface area contributed by atoms with E-state index in [4.69, 9.17) is 0 Å². The van der Waals surface area contributed by atoms with E-state index >= 15 is 0 Å². The van der Waals surface area contributed by atoms with Crippen molar-refractivity contribution >= 4 is 33.7 Å². The molecule has 0 radical (unpaired) electrons. The van der Waals surface area contributed by atoms with Gasteiger partial charge in [-0.05, 0) is 32.0 Å². The van der Waals surface area contributed by atoms with E-state index in [9.17, 15) is 5.11 Å². The number of aromatic hydroxyl groups is 1. The van der Waals surface area contributed by atoms with Gasteiger partial charge in [0.05, 0.1) is 23.8 Å². The van der Waals surface area contributed by atoms with Crippen LogP contribution in [0.1, 0.15) is 13.8 Å². The second kappa shape index (κ2) is 8.55. The third-order valence-corrected chi connectivity index (χ3v) is 6.67. The average Bonchev–Trinajstić information content (AvgIpc) is 3.53. The molecule has 0 unspecified atom stereocenters. The van der Waals surface area contributed by atoms with Crippen LogP contribution in [0.2, 0.25) is 0 Å². The molecule has 1 aromatic carbocycles. The van der Waals surface area contributed by atoms with Crippen LogP contribution in [0, 0.1) is 0 Å². The van der Waals surface area contributed by atoms with Gasteiger partial charge in [0.15, 0.2) is 17.3 Å². The first-order valence-electron chi connectivity index (χ1n) is 11.8. The first kappa shape index (κ1) is 21.4. The van der Waals surface area contributed by atoms with Gasteiger partial charge in [0.2, 0.25) is 0 Å². The summed E-state index contributed by atoms with van der Waals surface area (Å²) in [5, 5.41) is 19.5. The number of benzene rings is 1. The Balaban J connectivity index is 1.25. The van der Waals surface area contributed by atoms with Crippen LogP contribution in [-0.2, 0) is 0 Å². The monoisotopic (exact) mass is 469 g/mol. The maximum Gasteiger partial charge on any atom is 0.199 e. The molecule has 3 N–H and O–H groups in total. The highest BCUT2D eigenvalue weighted by atomic mass is 16.3. The van der Waals surface area contributed by atoms with Crippen molar-refractivity contribution in [3.63, 3.8) is 0 Å². The molecule has 5 heterocycles. The maximum absolute atomic E-state index is 10.1. The van der Waals surface area contributed by atoms with Gasteiger partial charge in [-0.25, -0.2) is 19.5 Å². The van der Waals surface area contributed by atoms with Crippen LogP contribution in [0.3, 0.4) is 0 Å². The van der Waals surface area contributed by atoms with E-state index in [0.29, 0.717) is 17.5 Å². The number of rotatable bonds is 5. The van der Waals surface area contributed by atoms with E-state index < -0.39 is 0 Å². The zero-order valence-electron chi connectivity index (χ0n) is 19.7. The molecular formula is C25H27N9O. The summed E-state index contributed by atoms with van der Waals surface area (Å²) in [5.74, 6) is 1.72. The summed E-state index contributed by atoms with van der Waals surface area (Å²) in [4.78, 5) is 21.5. The van der Waals surface area contributed by atoms with Gasteiger partial charge in [-0.15, -0.1) is 0 Å². The van der Waals surface area contributed by atoms with Gasteiger partial charge in [-0.3, -0.25) is 4.90 Å². The van der Waals surface area contributed by atoms with Gasteiger partial charge in [-0.1, -0.05) is 12.1 Å². The number of nitrogens with zero attached hydrogens (tertiary/aromatic N) is 7. The Bertz CT molecular complexity index is 1480. The number of H-pyrrole nitrogens is 1. The predicted octanol–water partition coefficient (Wildman–Crippen LogP) is 3.65. The number of nitrogens with one attached hydrogen (secondary N) is 2. The predicted molar refractivity (Wildman–Crippen MR) is 136 cm³/mol. The quantitative estimate of drug-likeness (QED) is 0.358. The number of anilines is 3. The highest BCUT2D eigenvalue weighted by molar-refractivity contribution is 5.99. The summed E-state index contributed by atoms with van der Waals surface area (Å²) < 4.78 is 1.75. The number of hydrogen-bond donors (Lipinski definition) is 3. The van der Waals surface area contributed by atoms with E-state index in [1.165, 1.54) is 6.33 Å². The molecule has 4 aromatic heterocycles. The normalized spacial score (nSPS) is 14.9. The topological polar surface area (TPSA) is 110 Å². The number of piperazine rings is 1. The Hall–Kier alpha value is -4.18. The van der Waals surface area contributed by atoms with E-state index in [0.717, 1.165) is 59.7 Å². The molecular weight excluding hydrogens is 442 g/mol. The van der Waals surface area contributed by atoms with Gasteiger partial charge < -0.3 is 20.3 Å². The van der Waals surface area contributed by atoms with Gasteiger partial charge in [0.1, 0.15) is 12.1 Å². The molecule has 0 bridgehead atoms. The minimum Gasteiger partial charge on any atom is -0.494 e. The second-order valence-corrected chi connectivity index (χ2v) is 9.04. The van der Waals surface area contributed by atoms with E-state index in [1.807, 2.05) is 36.5 Å². The van der Waals surface area contributed by atoms with Crippen LogP contribution in [-0.4, -0.2) is 71.8 Å². The van der Waals surface area contributed by atoms with Crippen LogP contribution in [0.5, 0.6) is 5.88 Å². The average molecular weight is 470 g/mol. The molecule has 35 heavy (non-hydrogen) atoms. The number of pyridine rings is 1. The lowest BCUT2D eigenvalue weighted by molar-refractivity contribution is 0.209. The lowest BCUT2D eigenvalue weighted by Crippen LogP contribution is -2.49. The van der Waals surface area contributed by atoms with Gasteiger partial charge >= 0.3 is 0 Å². The van der Waals surface area contributed by atoms with Crippen molar-refractivity contribution in [2.45, 2.75) is 19.9 Å². The zero-order chi connectivity index (χ0) is 23.9. The van der Waals surface area contributed by atoms with Crippen molar-refractivity contribution in [3.05, 3.63) is 55.2 Å². The van der Waals surface area contributed by atoms with E-state index in [2.05, 4.69) is 54.0 Å². The first-order valence-corrected chi connectivity index (χ1v) is 11.8. The summed E-state index contributed by atoms with van der Waals surface area (Å²) in [6, 6.07) is 10.4. The van der Waals surface area contributed by atoms with Crippen LogP contribution >= 0.6 is 0 Å². The van der Waals surface area contributed by atoms with E-state index in [-0.39, 0.29) is 5.88 Å². The Morgan fingerprint density at radius 2 is 1.83 bits per heavy atom. The Morgan fingerprint density at radius 3 is 2.60 bits per heavy atom. The minimum atomic E-state index is 0.140. The molecule has 1 aliphatic rings. The molecule has 10 nitrogen and oxygen atoms in total. The van der Waals surface area contributed by atoms with E-state index in [1.54, 1.807) is 16.9 Å². The summed E-state index contributed by atoms with van der Waals surface area (Å²) >= 11 is 0. The highest BCUT2D eigenvalue weighted by Crippen LogP contribution is 2.33. The standard InChI is InChI=1S/C25H27N9O/c1-16(2)32-8-10-33(11-9-32)22-7-6-17(12-26-22)31-23-24-29-15-30-34(24)21(14-27-23)18-4-3-5-19-20(18)13-28-25(19)35/h3-7,12-16,28,35H,8-11H2,1-2H3,(H,27,31). The molecule has 0 amide bonds. The summed E-state index contributed by atoms with van der Waals surface area (Å²) in [7, 11) is 0. The molecule has 0 atom stereocenters. The van der Waals surface area contributed by atoms with Crippen molar-refractivity contribution in [2.24, 2.45) is 0 Å². The van der Waals surface area contributed by atoms with Crippen molar-refractivity contribution in [3.8, 4) is 17.1 Å². The van der Waals surface area contributed by atoms with Crippen molar-refractivity contribution in [1.29, 1.82) is 0 Å². The molecule has 1 fully saturated rings. The molecule has 1 aliphatic heterocycles. The molecule has 10 heteroatoms. The molecule has 0 spiro atoms.